The van der Waals surface area contributed by atoms with Gasteiger partial charge in [0.25, 0.3) is 0 Å². The van der Waals surface area contributed by atoms with E-state index >= 15 is 0 Å². The SMILES string of the molecule is CCCNc1nc(OC(C)C)nc(SCCC(C)C)n1. The molecule has 0 aliphatic heterocycles. The fourth-order valence-electron chi connectivity index (χ4n) is 1.37. The van der Waals surface area contributed by atoms with Crippen LogP contribution < -0.4 is 10.1 Å². The van der Waals surface area contributed by atoms with Gasteiger partial charge in [-0.2, -0.15) is 15.0 Å². The van der Waals surface area contributed by atoms with Crippen LogP contribution in [-0.2, 0) is 0 Å². The van der Waals surface area contributed by atoms with Gasteiger partial charge >= 0.3 is 6.01 Å². The van der Waals surface area contributed by atoms with Gasteiger partial charge < -0.3 is 10.1 Å². The molecule has 0 saturated heterocycles. The molecule has 5 nitrogen and oxygen atoms in total. The van der Waals surface area contributed by atoms with Gasteiger partial charge in [-0.05, 0) is 32.6 Å². The molecule has 0 unspecified atom stereocenters. The normalized spacial score (nSPS) is 11.2. The van der Waals surface area contributed by atoms with Crippen LogP contribution >= 0.6 is 11.8 Å². The largest absolute Gasteiger partial charge is 0.461 e. The monoisotopic (exact) mass is 298 g/mol. The van der Waals surface area contributed by atoms with Crippen LogP contribution in [0.5, 0.6) is 6.01 Å². The van der Waals surface area contributed by atoms with Gasteiger partial charge in [0.1, 0.15) is 0 Å². The zero-order chi connectivity index (χ0) is 15.0. The second kappa shape index (κ2) is 9.00. The molecule has 20 heavy (non-hydrogen) atoms. The Kier molecular flexibility index (Phi) is 7.65. The molecule has 0 aromatic carbocycles. The van der Waals surface area contributed by atoms with Crippen LogP contribution in [0.2, 0.25) is 0 Å². The second-order valence-corrected chi connectivity index (χ2v) is 6.41. The van der Waals surface area contributed by atoms with Crippen molar-refractivity contribution in [1.82, 2.24) is 15.0 Å². The van der Waals surface area contributed by atoms with Crippen molar-refractivity contribution in [2.45, 2.75) is 58.7 Å². The van der Waals surface area contributed by atoms with Crippen LogP contribution in [0, 0.1) is 5.92 Å². The fraction of sp³-hybridized carbons (Fsp3) is 0.786. The summed E-state index contributed by atoms with van der Waals surface area (Å²) in [5, 5.41) is 3.92. The predicted molar refractivity (Wildman–Crippen MR) is 84.6 cm³/mol. The van der Waals surface area contributed by atoms with Crippen molar-refractivity contribution in [3.63, 3.8) is 0 Å². The number of aromatic nitrogens is 3. The molecule has 6 heteroatoms. The Bertz CT molecular complexity index is 399. The third-order valence-corrected chi connectivity index (χ3v) is 3.28. The predicted octanol–water partition coefficient (Wildman–Crippen LogP) is 3.62. The first-order valence-electron chi connectivity index (χ1n) is 7.30. The third kappa shape index (κ3) is 6.93. The molecule has 0 aliphatic carbocycles. The lowest BCUT2D eigenvalue weighted by molar-refractivity contribution is 0.219. The highest BCUT2D eigenvalue weighted by molar-refractivity contribution is 7.99. The molecule has 0 spiro atoms. The summed E-state index contributed by atoms with van der Waals surface area (Å²) in [5.74, 6) is 2.30. The fourth-order valence-corrected chi connectivity index (χ4v) is 2.43. The lowest BCUT2D eigenvalue weighted by Crippen LogP contribution is -2.12. The van der Waals surface area contributed by atoms with Crippen molar-refractivity contribution in [2.24, 2.45) is 5.92 Å². The van der Waals surface area contributed by atoms with Crippen LogP contribution in [0.25, 0.3) is 0 Å². The first-order chi connectivity index (χ1) is 9.51. The Labute approximate surface area is 126 Å². The summed E-state index contributed by atoms with van der Waals surface area (Å²) < 4.78 is 5.59. The number of rotatable bonds is 9. The Morgan fingerprint density at radius 2 is 1.90 bits per heavy atom. The molecule has 0 bridgehead atoms. The highest BCUT2D eigenvalue weighted by Gasteiger charge is 2.09. The van der Waals surface area contributed by atoms with Crippen LogP contribution in [-0.4, -0.2) is 33.4 Å². The van der Waals surface area contributed by atoms with Crippen molar-refractivity contribution in [1.29, 1.82) is 0 Å². The van der Waals surface area contributed by atoms with E-state index in [0.717, 1.165) is 30.3 Å². The summed E-state index contributed by atoms with van der Waals surface area (Å²) in [5.41, 5.74) is 0. The van der Waals surface area contributed by atoms with Gasteiger partial charge in [0.2, 0.25) is 5.95 Å². The Balaban J connectivity index is 2.74. The summed E-state index contributed by atoms with van der Waals surface area (Å²) >= 11 is 1.66. The van der Waals surface area contributed by atoms with E-state index in [0.29, 0.717) is 17.9 Å². The van der Waals surface area contributed by atoms with Gasteiger partial charge in [0.15, 0.2) is 5.16 Å². The van der Waals surface area contributed by atoms with E-state index in [9.17, 15) is 0 Å². The molecular weight excluding hydrogens is 272 g/mol. The third-order valence-electron chi connectivity index (χ3n) is 2.39. The summed E-state index contributed by atoms with van der Waals surface area (Å²) in [7, 11) is 0. The molecule has 0 radical (unpaired) electrons. The van der Waals surface area contributed by atoms with Crippen LogP contribution in [0.4, 0.5) is 5.95 Å². The summed E-state index contributed by atoms with van der Waals surface area (Å²) in [4.78, 5) is 13.1. The van der Waals surface area contributed by atoms with E-state index in [1.807, 2.05) is 13.8 Å². The number of hydrogen-bond acceptors (Lipinski definition) is 6. The highest BCUT2D eigenvalue weighted by atomic mass is 32.2. The van der Waals surface area contributed by atoms with E-state index in [2.05, 4.69) is 41.0 Å². The number of anilines is 1. The Hall–Kier alpha value is -1.04. The lowest BCUT2D eigenvalue weighted by Gasteiger charge is -2.11. The Morgan fingerprint density at radius 3 is 2.50 bits per heavy atom. The molecule has 0 saturated carbocycles. The minimum absolute atomic E-state index is 0.0601. The second-order valence-electron chi connectivity index (χ2n) is 5.35. The van der Waals surface area contributed by atoms with E-state index in [-0.39, 0.29) is 6.10 Å². The maximum absolute atomic E-state index is 5.59. The standard InChI is InChI=1S/C14H26N4OS/c1-6-8-15-12-16-13(19-11(4)5)18-14(17-12)20-9-7-10(2)3/h10-11H,6-9H2,1-5H3,(H,15,16,17,18). The van der Waals surface area contributed by atoms with Gasteiger partial charge in [0, 0.05) is 12.3 Å². The average molecular weight is 298 g/mol. The van der Waals surface area contributed by atoms with Crippen LogP contribution in [0.3, 0.4) is 0 Å². The molecular formula is C14H26N4OS. The van der Waals surface area contributed by atoms with Gasteiger partial charge in [-0.3, -0.25) is 0 Å². The van der Waals surface area contributed by atoms with E-state index in [1.165, 1.54) is 0 Å². The lowest BCUT2D eigenvalue weighted by atomic mass is 10.2. The maximum Gasteiger partial charge on any atom is 0.322 e. The molecule has 1 aromatic rings. The molecule has 0 fully saturated rings. The number of ether oxygens (including phenoxy) is 1. The molecule has 1 rings (SSSR count). The van der Waals surface area contributed by atoms with E-state index in [4.69, 9.17) is 4.74 Å². The number of nitrogens with zero attached hydrogens (tertiary/aromatic N) is 3. The van der Waals surface area contributed by atoms with Crippen LogP contribution in [0.1, 0.15) is 47.5 Å². The first kappa shape index (κ1) is 17.0. The number of thioether (sulfide) groups is 1. The van der Waals surface area contributed by atoms with Gasteiger partial charge in [0.05, 0.1) is 6.10 Å². The van der Waals surface area contributed by atoms with Crippen molar-refractivity contribution in [3.8, 4) is 6.01 Å². The van der Waals surface area contributed by atoms with Gasteiger partial charge in [-0.25, -0.2) is 0 Å². The molecule has 0 amide bonds. The molecule has 1 heterocycles. The average Bonchev–Trinajstić information content (AvgIpc) is 2.35. The van der Waals surface area contributed by atoms with Gasteiger partial charge in [-0.15, -0.1) is 0 Å². The summed E-state index contributed by atoms with van der Waals surface area (Å²) in [6, 6.07) is 0.403. The zero-order valence-corrected chi connectivity index (χ0v) is 14.0. The quantitative estimate of drug-likeness (QED) is 0.703. The van der Waals surface area contributed by atoms with Crippen molar-refractivity contribution >= 4 is 17.7 Å². The van der Waals surface area contributed by atoms with Crippen molar-refractivity contribution in [3.05, 3.63) is 0 Å². The van der Waals surface area contributed by atoms with Crippen molar-refractivity contribution < 1.29 is 4.74 Å². The zero-order valence-electron chi connectivity index (χ0n) is 13.1. The van der Waals surface area contributed by atoms with E-state index < -0.39 is 0 Å². The summed E-state index contributed by atoms with van der Waals surface area (Å²) in [6.45, 7) is 11.3. The molecule has 0 atom stereocenters. The number of hydrogen-bond donors (Lipinski definition) is 1. The summed E-state index contributed by atoms with van der Waals surface area (Å²) in [6.07, 6.45) is 2.24. The van der Waals surface area contributed by atoms with Crippen LogP contribution in [0.15, 0.2) is 5.16 Å². The van der Waals surface area contributed by atoms with E-state index in [1.54, 1.807) is 11.8 Å². The molecule has 114 valence electrons. The Morgan fingerprint density at radius 1 is 1.15 bits per heavy atom. The van der Waals surface area contributed by atoms with Crippen molar-refractivity contribution in [2.75, 3.05) is 17.6 Å². The minimum Gasteiger partial charge on any atom is -0.461 e. The highest BCUT2D eigenvalue weighted by Crippen LogP contribution is 2.20. The topological polar surface area (TPSA) is 59.9 Å². The maximum atomic E-state index is 5.59. The first-order valence-corrected chi connectivity index (χ1v) is 8.29. The smallest absolute Gasteiger partial charge is 0.322 e. The number of nitrogens with one attached hydrogen (secondary N) is 1. The van der Waals surface area contributed by atoms with Gasteiger partial charge in [-0.1, -0.05) is 32.5 Å². The molecule has 1 aromatic heterocycles. The molecule has 1 N–H and O–H groups in total. The minimum atomic E-state index is 0.0601. The molecule has 0 aliphatic rings.